The molecule has 2 N–H and O–H groups in total. The van der Waals surface area contributed by atoms with Crippen LogP contribution in [0.25, 0.3) is 0 Å². The van der Waals surface area contributed by atoms with E-state index in [-0.39, 0.29) is 5.97 Å². The molecule has 0 aliphatic rings. The number of nitrogens with two attached hydrogens (primary N) is 1. The van der Waals surface area contributed by atoms with Crippen molar-refractivity contribution in [1.29, 1.82) is 0 Å². The van der Waals surface area contributed by atoms with Crippen molar-refractivity contribution in [3.05, 3.63) is 51.7 Å². The lowest BCUT2D eigenvalue weighted by Crippen LogP contribution is -2.22. The molecule has 0 fully saturated rings. The van der Waals surface area contributed by atoms with E-state index in [1.807, 2.05) is 19.2 Å². The Morgan fingerprint density at radius 3 is 2.81 bits per heavy atom. The van der Waals surface area contributed by atoms with Crippen molar-refractivity contribution in [3.63, 3.8) is 0 Å². The fraction of sp³-hybridized carbons (Fsp3) is 0.312. The summed E-state index contributed by atoms with van der Waals surface area (Å²) in [4.78, 5) is 15.4. The number of hydrogen-bond donors (Lipinski definition) is 1. The number of carbonyl (C=O) groups excluding carboxylic acids is 1. The molecule has 0 saturated carbocycles. The number of benzene rings is 1. The van der Waals surface area contributed by atoms with Crippen LogP contribution in [-0.4, -0.2) is 31.6 Å². The predicted octanol–water partition coefficient (Wildman–Crippen LogP) is 2.79. The molecule has 112 valence electrons. The highest BCUT2D eigenvalue weighted by atomic mass is 32.1. The molecule has 0 aliphatic carbocycles. The normalized spacial score (nSPS) is 10.8. The number of carbonyl (C=O) groups is 1. The molecule has 0 atom stereocenters. The Labute approximate surface area is 129 Å². The van der Waals surface area contributed by atoms with E-state index in [1.165, 1.54) is 12.0 Å². The van der Waals surface area contributed by atoms with Crippen molar-refractivity contribution in [2.24, 2.45) is 0 Å². The first-order valence-corrected chi connectivity index (χ1v) is 7.66. The van der Waals surface area contributed by atoms with Gasteiger partial charge in [0.2, 0.25) is 0 Å². The third-order valence-corrected chi connectivity index (χ3v) is 4.27. The Morgan fingerprint density at radius 1 is 1.33 bits per heavy atom. The minimum absolute atomic E-state index is 0.380. The predicted molar refractivity (Wildman–Crippen MR) is 86.6 cm³/mol. The highest BCUT2D eigenvalue weighted by molar-refractivity contribution is 7.09. The average Bonchev–Trinajstić information content (AvgIpc) is 2.98. The van der Waals surface area contributed by atoms with Crippen LogP contribution in [0, 0.1) is 0 Å². The first-order chi connectivity index (χ1) is 10.1. The zero-order valence-corrected chi connectivity index (χ0v) is 13.2. The SMILES string of the molecule is COC(=O)c1c(N)cccc1CN(C)CCc1cccs1. The second-order valence-corrected chi connectivity index (χ2v) is 5.97. The number of esters is 1. The van der Waals surface area contributed by atoms with Gasteiger partial charge in [-0.3, -0.25) is 0 Å². The molecule has 4 nitrogen and oxygen atoms in total. The van der Waals surface area contributed by atoms with E-state index >= 15 is 0 Å². The molecule has 0 saturated heterocycles. The van der Waals surface area contributed by atoms with Gasteiger partial charge in [-0.25, -0.2) is 4.79 Å². The zero-order valence-electron chi connectivity index (χ0n) is 12.3. The molecule has 0 unspecified atom stereocenters. The van der Waals surface area contributed by atoms with E-state index in [2.05, 4.69) is 22.4 Å². The Hall–Kier alpha value is -1.85. The summed E-state index contributed by atoms with van der Waals surface area (Å²) in [5.74, 6) is -0.380. The smallest absolute Gasteiger partial charge is 0.340 e. The molecule has 0 bridgehead atoms. The number of anilines is 1. The third kappa shape index (κ3) is 4.06. The highest BCUT2D eigenvalue weighted by Crippen LogP contribution is 2.20. The summed E-state index contributed by atoms with van der Waals surface area (Å²) in [5, 5.41) is 2.09. The van der Waals surface area contributed by atoms with Gasteiger partial charge >= 0.3 is 5.97 Å². The van der Waals surface area contributed by atoms with Crippen LogP contribution in [0.4, 0.5) is 5.69 Å². The Bertz CT molecular complexity index is 596. The standard InChI is InChI=1S/C16H20N2O2S/c1-18(9-8-13-6-4-10-21-13)11-12-5-3-7-14(17)15(12)16(19)20-2/h3-7,10H,8-9,11,17H2,1-2H3. The molecule has 0 radical (unpaired) electrons. The summed E-state index contributed by atoms with van der Waals surface area (Å²) in [6.45, 7) is 1.59. The number of nitrogen functional groups attached to an aromatic ring is 1. The topological polar surface area (TPSA) is 55.6 Å². The van der Waals surface area contributed by atoms with E-state index in [9.17, 15) is 4.79 Å². The number of nitrogens with zero attached hydrogens (tertiary/aromatic N) is 1. The third-order valence-electron chi connectivity index (χ3n) is 3.33. The first kappa shape index (κ1) is 15.5. The van der Waals surface area contributed by atoms with Crippen LogP contribution in [0.15, 0.2) is 35.7 Å². The van der Waals surface area contributed by atoms with Crippen molar-refractivity contribution in [2.45, 2.75) is 13.0 Å². The van der Waals surface area contributed by atoms with Crippen LogP contribution in [0.2, 0.25) is 0 Å². The van der Waals surface area contributed by atoms with E-state index in [0.717, 1.165) is 18.5 Å². The molecule has 21 heavy (non-hydrogen) atoms. The second kappa shape index (κ2) is 7.24. The van der Waals surface area contributed by atoms with Crippen LogP contribution in [-0.2, 0) is 17.7 Å². The highest BCUT2D eigenvalue weighted by Gasteiger charge is 2.16. The number of hydrogen-bond acceptors (Lipinski definition) is 5. The maximum absolute atomic E-state index is 11.9. The van der Waals surface area contributed by atoms with Crippen LogP contribution < -0.4 is 5.73 Å². The summed E-state index contributed by atoms with van der Waals surface area (Å²) in [7, 11) is 3.41. The second-order valence-electron chi connectivity index (χ2n) is 4.94. The minimum atomic E-state index is -0.380. The van der Waals surface area contributed by atoms with Crippen molar-refractivity contribution in [3.8, 4) is 0 Å². The lowest BCUT2D eigenvalue weighted by molar-refractivity contribution is 0.0600. The van der Waals surface area contributed by atoms with Gasteiger partial charge in [0.15, 0.2) is 0 Å². The van der Waals surface area contributed by atoms with Gasteiger partial charge in [-0.05, 0) is 36.5 Å². The lowest BCUT2D eigenvalue weighted by Gasteiger charge is -2.18. The summed E-state index contributed by atoms with van der Waals surface area (Å²) in [5.41, 5.74) is 7.74. The molecule has 1 aromatic carbocycles. The number of rotatable bonds is 6. The van der Waals surface area contributed by atoms with Crippen LogP contribution in [0.5, 0.6) is 0 Å². The number of methoxy groups -OCH3 is 1. The fourth-order valence-corrected chi connectivity index (χ4v) is 2.93. The van der Waals surface area contributed by atoms with Gasteiger partial charge < -0.3 is 15.4 Å². The van der Waals surface area contributed by atoms with Gasteiger partial charge in [0.05, 0.1) is 12.7 Å². The van der Waals surface area contributed by atoms with Crippen molar-refractivity contribution < 1.29 is 9.53 Å². The van der Waals surface area contributed by atoms with Crippen LogP contribution >= 0.6 is 11.3 Å². The molecular weight excluding hydrogens is 284 g/mol. The molecule has 2 aromatic rings. The molecule has 0 amide bonds. The molecule has 2 rings (SSSR count). The molecule has 0 aliphatic heterocycles. The molecule has 0 spiro atoms. The first-order valence-electron chi connectivity index (χ1n) is 6.78. The van der Waals surface area contributed by atoms with E-state index in [4.69, 9.17) is 10.5 Å². The van der Waals surface area contributed by atoms with Gasteiger partial charge in [-0.15, -0.1) is 11.3 Å². The number of likely N-dealkylation sites (N-methyl/N-ethyl adjacent to an activating group) is 1. The minimum Gasteiger partial charge on any atom is -0.465 e. The maximum atomic E-state index is 11.9. The summed E-state index contributed by atoms with van der Waals surface area (Å²) in [6, 6.07) is 9.71. The van der Waals surface area contributed by atoms with E-state index in [0.29, 0.717) is 17.8 Å². The molecule has 1 aromatic heterocycles. The Morgan fingerprint density at radius 2 is 2.14 bits per heavy atom. The van der Waals surface area contributed by atoms with Gasteiger partial charge in [-0.1, -0.05) is 18.2 Å². The van der Waals surface area contributed by atoms with Gasteiger partial charge in [-0.2, -0.15) is 0 Å². The van der Waals surface area contributed by atoms with Crippen molar-refractivity contribution >= 4 is 23.0 Å². The van der Waals surface area contributed by atoms with Crippen LogP contribution in [0.3, 0.4) is 0 Å². The monoisotopic (exact) mass is 304 g/mol. The van der Waals surface area contributed by atoms with Crippen molar-refractivity contribution in [2.75, 3.05) is 26.4 Å². The van der Waals surface area contributed by atoms with Crippen LogP contribution in [0.1, 0.15) is 20.8 Å². The fourth-order valence-electron chi connectivity index (χ4n) is 2.23. The lowest BCUT2D eigenvalue weighted by atomic mass is 10.0. The summed E-state index contributed by atoms with van der Waals surface area (Å²) >= 11 is 1.76. The van der Waals surface area contributed by atoms with E-state index < -0.39 is 0 Å². The Balaban J connectivity index is 2.04. The molecular formula is C16H20N2O2S. The van der Waals surface area contributed by atoms with E-state index in [1.54, 1.807) is 17.4 Å². The molecule has 1 heterocycles. The largest absolute Gasteiger partial charge is 0.465 e. The quantitative estimate of drug-likeness (QED) is 0.658. The summed E-state index contributed by atoms with van der Waals surface area (Å²) < 4.78 is 4.82. The zero-order chi connectivity index (χ0) is 15.2. The van der Waals surface area contributed by atoms with Gasteiger partial charge in [0.25, 0.3) is 0 Å². The molecule has 5 heteroatoms. The van der Waals surface area contributed by atoms with Crippen molar-refractivity contribution in [1.82, 2.24) is 4.90 Å². The summed E-state index contributed by atoms with van der Waals surface area (Å²) in [6.07, 6.45) is 1.00. The maximum Gasteiger partial charge on any atom is 0.340 e. The number of ether oxygens (including phenoxy) is 1. The number of thiophene rings is 1. The van der Waals surface area contributed by atoms with Gasteiger partial charge in [0.1, 0.15) is 0 Å². The Kier molecular flexibility index (Phi) is 5.36. The average molecular weight is 304 g/mol. The van der Waals surface area contributed by atoms with Gasteiger partial charge in [0, 0.05) is 23.7 Å².